The summed E-state index contributed by atoms with van der Waals surface area (Å²) in [6.07, 6.45) is 0. The Morgan fingerprint density at radius 3 is 1.33 bits per heavy atom. The molecule has 0 spiro atoms. The van der Waals surface area contributed by atoms with Gasteiger partial charge in [0.25, 0.3) is 0 Å². The molecule has 11 rings (SSSR count). The minimum Gasteiger partial charge on any atom is -0.309 e. The van der Waals surface area contributed by atoms with E-state index < -0.39 is 0 Å². The zero-order valence-corrected chi connectivity index (χ0v) is 27.6. The van der Waals surface area contributed by atoms with Gasteiger partial charge < -0.3 is 9.13 Å². The third-order valence-corrected chi connectivity index (χ3v) is 10.4. The van der Waals surface area contributed by atoms with Gasteiger partial charge in [-0.15, -0.1) is 0 Å². The minimum atomic E-state index is 0.901. The summed E-state index contributed by atoms with van der Waals surface area (Å²) in [5.41, 5.74) is 11.3. The molecule has 0 radical (unpaired) electrons. The van der Waals surface area contributed by atoms with Crippen LogP contribution >= 0.6 is 0 Å². The van der Waals surface area contributed by atoms with Crippen LogP contribution in [0.1, 0.15) is 0 Å². The summed E-state index contributed by atoms with van der Waals surface area (Å²) < 4.78 is 7.15. The van der Waals surface area contributed by atoms with Crippen LogP contribution in [0, 0.1) is 0 Å². The van der Waals surface area contributed by atoms with Crippen molar-refractivity contribution in [1.82, 2.24) is 18.7 Å². The highest BCUT2D eigenvalue weighted by molar-refractivity contribution is 6.19. The van der Waals surface area contributed by atoms with Gasteiger partial charge in [-0.25, -0.2) is 4.98 Å². The van der Waals surface area contributed by atoms with Crippen LogP contribution in [0.25, 0.3) is 93.9 Å². The number of nitrogens with zero attached hydrogens (tertiary/aromatic N) is 4. The van der Waals surface area contributed by atoms with Crippen molar-refractivity contribution in [2.45, 2.75) is 0 Å². The van der Waals surface area contributed by atoms with Crippen molar-refractivity contribution in [3.05, 3.63) is 182 Å². The van der Waals surface area contributed by atoms with Crippen LogP contribution in [-0.4, -0.2) is 18.7 Å². The first-order valence-electron chi connectivity index (χ1n) is 17.4. The monoisotopic (exact) mass is 650 g/mol. The third kappa shape index (κ3) is 4.11. The van der Waals surface area contributed by atoms with E-state index >= 15 is 0 Å². The fourth-order valence-electron chi connectivity index (χ4n) is 8.25. The number of aromatic nitrogens is 4. The van der Waals surface area contributed by atoms with E-state index in [0.717, 1.165) is 45.0 Å². The van der Waals surface area contributed by atoms with Gasteiger partial charge in [0.05, 0.1) is 38.8 Å². The first-order valence-corrected chi connectivity index (χ1v) is 17.4. The maximum Gasteiger partial charge on any atom is 0.138 e. The second-order valence-corrected chi connectivity index (χ2v) is 13.2. The summed E-state index contributed by atoms with van der Waals surface area (Å²) in [6, 6.07) is 65.3. The number of benzene rings is 7. The molecular formula is C47H30N4. The standard InChI is InChI=1S/C47H30N4/c1-2-14-31(15-3-1)40-22-13-27-47(48-40)51-44-26-11-7-21-37(44)39-29-38-36-20-6-10-25-43(36)50(45(38)30-46(39)51)33-17-12-16-32(28-33)49-41-23-8-4-18-34(41)35-19-5-9-24-42(35)49/h1-30H. The molecule has 11 aromatic rings. The molecule has 0 fully saturated rings. The average molecular weight is 651 g/mol. The van der Waals surface area contributed by atoms with Crippen molar-refractivity contribution in [3.63, 3.8) is 0 Å². The molecule has 0 saturated heterocycles. The number of para-hydroxylation sites is 4. The Bertz CT molecular complexity index is 3090. The summed E-state index contributed by atoms with van der Waals surface area (Å²) in [4.78, 5) is 5.23. The van der Waals surface area contributed by atoms with Crippen molar-refractivity contribution in [2.24, 2.45) is 0 Å². The largest absolute Gasteiger partial charge is 0.309 e. The second-order valence-electron chi connectivity index (χ2n) is 13.2. The Labute approximate surface area is 293 Å². The van der Waals surface area contributed by atoms with Crippen molar-refractivity contribution >= 4 is 65.4 Å². The highest BCUT2D eigenvalue weighted by atomic mass is 15.1. The molecule has 0 amide bonds. The lowest BCUT2D eigenvalue weighted by atomic mass is 10.1. The van der Waals surface area contributed by atoms with Crippen LogP contribution in [0.15, 0.2) is 182 Å². The molecule has 0 bridgehead atoms. The Morgan fingerprint density at radius 2 is 0.745 bits per heavy atom. The van der Waals surface area contributed by atoms with Crippen LogP contribution in [0.3, 0.4) is 0 Å². The van der Waals surface area contributed by atoms with Gasteiger partial charge in [0.2, 0.25) is 0 Å². The first kappa shape index (κ1) is 28.0. The van der Waals surface area contributed by atoms with Gasteiger partial charge in [0.1, 0.15) is 5.82 Å². The molecule has 0 atom stereocenters. The molecule has 0 aliphatic carbocycles. The van der Waals surface area contributed by atoms with E-state index in [9.17, 15) is 0 Å². The molecule has 4 nitrogen and oxygen atoms in total. The van der Waals surface area contributed by atoms with Gasteiger partial charge in [0, 0.05) is 49.3 Å². The molecule has 7 aromatic carbocycles. The quantitative estimate of drug-likeness (QED) is 0.186. The third-order valence-electron chi connectivity index (χ3n) is 10.4. The lowest BCUT2D eigenvalue weighted by Gasteiger charge is -2.13. The molecule has 0 aliphatic rings. The van der Waals surface area contributed by atoms with E-state index in [-0.39, 0.29) is 0 Å². The molecule has 0 unspecified atom stereocenters. The molecular weight excluding hydrogens is 621 g/mol. The Morgan fingerprint density at radius 1 is 0.294 bits per heavy atom. The minimum absolute atomic E-state index is 0.901. The van der Waals surface area contributed by atoms with Crippen LogP contribution in [0.4, 0.5) is 0 Å². The first-order chi connectivity index (χ1) is 25.3. The maximum atomic E-state index is 5.23. The van der Waals surface area contributed by atoms with Gasteiger partial charge in [-0.05, 0) is 66.7 Å². The summed E-state index contributed by atoms with van der Waals surface area (Å²) in [6.45, 7) is 0. The predicted octanol–water partition coefficient (Wildman–Crippen LogP) is 12.0. The van der Waals surface area contributed by atoms with Gasteiger partial charge in [-0.3, -0.25) is 4.57 Å². The molecule has 4 heterocycles. The van der Waals surface area contributed by atoms with Crippen LogP contribution in [-0.2, 0) is 0 Å². The zero-order chi connectivity index (χ0) is 33.5. The summed E-state index contributed by atoms with van der Waals surface area (Å²) in [5, 5.41) is 7.41. The maximum absolute atomic E-state index is 5.23. The second kappa shape index (κ2) is 10.8. The fraction of sp³-hybridized carbons (Fsp3) is 0. The van der Waals surface area contributed by atoms with E-state index in [1.807, 2.05) is 6.07 Å². The van der Waals surface area contributed by atoms with Gasteiger partial charge >= 0.3 is 0 Å². The van der Waals surface area contributed by atoms with Gasteiger partial charge in [0.15, 0.2) is 0 Å². The van der Waals surface area contributed by atoms with Crippen LogP contribution in [0.5, 0.6) is 0 Å². The molecule has 238 valence electrons. The number of hydrogen-bond acceptors (Lipinski definition) is 1. The lowest BCUT2D eigenvalue weighted by Crippen LogP contribution is -2.00. The smallest absolute Gasteiger partial charge is 0.138 e. The van der Waals surface area contributed by atoms with E-state index in [1.54, 1.807) is 0 Å². The average Bonchev–Trinajstić information content (AvgIpc) is 3.83. The topological polar surface area (TPSA) is 27.7 Å². The number of fused-ring (bicyclic) bond motifs is 9. The molecule has 51 heavy (non-hydrogen) atoms. The summed E-state index contributed by atoms with van der Waals surface area (Å²) >= 11 is 0. The van der Waals surface area contributed by atoms with Gasteiger partial charge in [-0.1, -0.05) is 115 Å². The van der Waals surface area contributed by atoms with Crippen molar-refractivity contribution in [2.75, 3.05) is 0 Å². The molecule has 0 aliphatic heterocycles. The number of pyridine rings is 1. The lowest BCUT2D eigenvalue weighted by molar-refractivity contribution is 1.08. The van der Waals surface area contributed by atoms with Crippen molar-refractivity contribution in [3.8, 4) is 28.5 Å². The highest BCUT2D eigenvalue weighted by Crippen LogP contribution is 2.40. The summed E-state index contributed by atoms with van der Waals surface area (Å²) in [5.74, 6) is 0.901. The van der Waals surface area contributed by atoms with E-state index in [4.69, 9.17) is 4.98 Å². The van der Waals surface area contributed by atoms with E-state index in [0.29, 0.717) is 0 Å². The molecule has 0 N–H and O–H groups in total. The number of rotatable bonds is 4. The highest BCUT2D eigenvalue weighted by Gasteiger charge is 2.20. The van der Waals surface area contributed by atoms with E-state index in [2.05, 4.69) is 190 Å². The predicted molar refractivity (Wildman–Crippen MR) is 213 cm³/mol. The SMILES string of the molecule is c1ccc(-c2cccc(-n3c4ccccc4c4cc5c6ccccc6n(-c6cccc(-n7c8ccccc8c8ccccc87)c6)c5cc43)n2)cc1. The van der Waals surface area contributed by atoms with Crippen molar-refractivity contribution in [1.29, 1.82) is 0 Å². The van der Waals surface area contributed by atoms with Crippen molar-refractivity contribution < 1.29 is 0 Å². The van der Waals surface area contributed by atoms with Crippen LogP contribution in [0.2, 0.25) is 0 Å². The Kier molecular flexibility index (Phi) is 5.92. The normalized spacial score (nSPS) is 11.9. The Balaban J connectivity index is 1.20. The van der Waals surface area contributed by atoms with Gasteiger partial charge in [-0.2, -0.15) is 0 Å². The molecule has 0 saturated carbocycles. The number of hydrogen-bond donors (Lipinski definition) is 0. The fourth-order valence-corrected chi connectivity index (χ4v) is 8.25. The zero-order valence-electron chi connectivity index (χ0n) is 27.6. The summed E-state index contributed by atoms with van der Waals surface area (Å²) in [7, 11) is 0. The van der Waals surface area contributed by atoms with Crippen LogP contribution < -0.4 is 0 Å². The van der Waals surface area contributed by atoms with E-state index in [1.165, 1.54) is 48.9 Å². The molecule has 4 heteroatoms. The molecule has 4 aromatic heterocycles. The Hall–Kier alpha value is -6.91.